The van der Waals surface area contributed by atoms with Crippen molar-refractivity contribution in [3.8, 4) is 0 Å². The summed E-state index contributed by atoms with van der Waals surface area (Å²) < 4.78 is 12.1. The van der Waals surface area contributed by atoms with Crippen LogP contribution in [0.4, 0.5) is 0 Å². The zero-order chi connectivity index (χ0) is 17.1. The van der Waals surface area contributed by atoms with Gasteiger partial charge in [0.05, 0.1) is 0 Å². The summed E-state index contributed by atoms with van der Waals surface area (Å²) in [6, 6.07) is 0.415. The maximum atomic E-state index is 12.1. The van der Waals surface area contributed by atoms with Crippen molar-refractivity contribution in [2.75, 3.05) is 18.8 Å². The molecule has 0 amide bonds. The number of halogens is 1. The van der Waals surface area contributed by atoms with Crippen LogP contribution in [0, 0.1) is 5.92 Å². The largest absolute Gasteiger partial charge is 0.357 e. The quantitative estimate of drug-likeness (QED) is 0.231. The summed E-state index contributed by atoms with van der Waals surface area (Å²) in [5.74, 6) is 2.50. The van der Waals surface area contributed by atoms with Crippen molar-refractivity contribution in [2.24, 2.45) is 10.9 Å². The lowest BCUT2D eigenvalue weighted by Crippen LogP contribution is -2.46. The molecule has 1 fully saturated rings. The number of rotatable bonds is 9. The first kappa shape index (κ1) is 24.1. The number of guanidine groups is 1. The van der Waals surface area contributed by atoms with Crippen molar-refractivity contribution < 1.29 is 4.21 Å². The standard InChI is InChI=1S/C18H37N3OS.HI/c1-5-19-18(20-13-8-7-10-15(3)4)21-16-11-9-12-17(14-16)23(22)6-2;/h15-17H,5-14H2,1-4H3,(H2,19,20,21);1H. The van der Waals surface area contributed by atoms with Crippen molar-refractivity contribution >= 4 is 40.7 Å². The molecule has 144 valence electrons. The summed E-state index contributed by atoms with van der Waals surface area (Å²) in [6.45, 7) is 10.4. The Bertz CT molecular complexity index is 377. The SMILES string of the molecule is CCNC(=NCCCCC(C)C)NC1CCCC(S(=O)CC)C1.I. The van der Waals surface area contributed by atoms with Crippen LogP contribution in [0.1, 0.15) is 72.6 Å². The highest BCUT2D eigenvalue weighted by Gasteiger charge is 2.25. The van der Waals surface area contributed by atoms with E-state index in [1.807, 2.05) is 6.92 Å². The van der Waals surface area contributed by atoms with Gasteiger partial charge in [-0.2, -0.15) is 0 Å². The molecule has 0 radical (unpaired) electrons. The highest BCUT2D eigenvalue weighted by molar-refractivity contribution is 14.0. The number of unbranched alkanes of at least 4 members (excludes halogenated alkanes) is 1. The summed E-state index contributed by atoms with van der Waals surface area (Å²) >= 11 is 0. The zero-order valence-corrected chi connectivity index (χ0v) is 19.1. The fourth-order valence-corrected chi connectivity index (χ4v) is 4.47. The Hall–Kier alpha value is 0.150. The molecule has 6 heteroatoms. The fraction of sp³-hybridized carbons (Fsp3) is 0.944. The maximum Gasteiger partial charge on any atom is 0.191 e. The van der Waals surface area contributed by atoms with Crippen LogP contribution in [0.3, 0.4) is 0 Å². The molecule has 0 aliphatic heterocycles. The van der Waals surface area contributed by atoms with E-state index >= 15 is 0 Å². The topological polar surface area (TPSA) is 53.5 Å². The van der Waals surface area contributed by atoms with E-state index in [-0.39, 0.29) is 24.0 Å². The fourth-order valence-electron chi connectivity index (χ4n) is 3.12. The van der Waals surface area contributed by atoms with E-state index in [0.717, 1.165) is 56.4 Å². The molecule has 3 atom stereocenters. The van der Waals surface area contributed by atoms with Crippen molar-refractivity contribution in [1.82, 2.24) is 10.6 Å². The highest BCUT2D eigenvalue weighted by atomic mass is 127. The lowest BCUT2D eigenvalue weighted by atomic mass is 9.95. The van der Waals surface area contributed by atoms with E-state index in [1.54, 1.807) is 0 Å². The summed E-state index contributed by atoms with van der Waals surface area (Å²) in [4.78, 5) is 4.71. The van der Waals surface area contributed by atoms with Gasteiger partial charge in [-0.15, -0.1) is 24.0 Å². The van der Waals surface area contributed by atoms with Crippen LogP contribution in [-0.4, -0.2) is 40.3 Å². The van der Waals surface area contributed by atoms with Gasteiger partial charge in [0.1, 0.15) is 0 Å². The Kier molecular flexibility index (Phi) is 14.4. The summed E-state index contributed by atoms with van der Waals surface area (Å²) in [5.41, 5.74) is 0. The number of aliphatic imine (C=N–C) groups is 1. The van der Waals surface area contributed by atoms with Crippen LogP contribution >= 0.6 is 24.0 Å². The predicted molar refractivity (Wildman–Crippen MR) is 118 cm³/mol. The molecule has 0 heterocycles. The predicted octanol–water partition coefficient (Wildman–Crippen LogP) is 4.07. The van der Waals surface area contributed by atoms with Crippen molar-refractivity contribution in [3.63, 3.8) is 0 Å². The number of nitrogens with one attached hydrogen (secondary N) is 2. The second-order valence-electron chi connectivity index (χ2n) is 6.95. The van der Waals surface area contributed by atoms with E-state index in [0.29, 0.717) is 11.3 Å². The molecule has 3 unspecified atom stereocenters. The van der Waals surface area contributed by atoms with Gasteiger partial charge in [-0.3, -0.25) is 9.20 Å². The van der Waals surface area contributed by atoms with Crippen molar-refractivity contribution in [1.29, 1.82) is 0 Å². The number of hydrogen-bond acceptors (Lipinski definition) is 2. The van der Waals surface area contributed by atoms with Crippen molar-refractivity contribution in [2.45, 2.75) is 83.9 Å². The minimum absolute atomic E-state index is 0. The monoisotopic (exact) mass is 471 g/mol. The second kappa shape index (κ2) is 14.3. The molecule has 1 rings (SSSR count). The summed E-state index contributed by atoms with van der Waals surface area (Å²) in [7, 11) is -0.666. The van der Waals surface area contributed by atoms with E-state index < -0.39 is 10.8 Å². The Balaban J connectivity index is 0.00000529. The summed E-state index contributed by atoms with van der Waals surface area (Å²) in [5, 5.41) is 7.28. The molecule has 2 N–H and O–H groups in total. The van der Waals surface area contributed by atoms with Crippen LogP contribution in [0.5, 0.6) is 0 Å². The first-order valence-corrected chi connectivity index (χ1v) is 10.9. The average molecular weight is 471 g/mol. The van der Waals surface area contributed by atoms with Gasteiger partial charge in [0.2, 0.25) is 0 Å². The van der Waals surface area contributed by atoms with Gasteiger partial charge in [0, 0.05) is 40.9 Å². The Morgan fingerprint density at radius 3 is 2.62 bits per heavy atom. The van der Waals surface area contributed by atoms with E-state index in [9.17, 15) is 4.21 Å². The van der Waals surface area contributed by atoms with Crippen LogP contribution in [0.2, 0.25) is 0 Å². The molecule has 0 aromatic rings. The minimum atomic E-state index is -0.666. The van der Waals surface area contributed by atoms with Crippen LogP contribution in [-0.2, 0) is 10.8 Å². The molecule has 0 aromatic carbocycles. The van der Waals surface area contributed by atoms with E-state index in [2.05, 4.69) is 31.4 Å². The third-order valence-electron chi connectivity index (χ3n) is 4.43. The third-order valence-corrected chi connectivity index (χ3v) is 6.17. The van der Waals surface area contributed by atoms with Crippen LogP contribution in [0.25, 0.3) is 0 Å². The molecular formula is C18H38IN3OS. The molecule has 24 heavy (non-hydrogen) atoms. The Labute approximate surface area is 168 Å². The molecule has 0 saturated heterocycles. The number of nitrogens with zero attached hydrogens (tertiary/aromatic N) is 1. The Morgan fingerprint density at radius 2 is 2.00 bits per heavy atom. The molecule has 0 aromatic heterocycles. The van der Waals surface area contributed by atoms with Crippen molar-refractivity contribution in [3.05, 3.63) is 0 Å². The average Bonchev–Trinajstić information content (AvgIpc) is 2.53. The lowest BCUT2D eigenvalue weighted by molar-refractivity contribution is 0.413. The van der Waals surface area contributed by atoms with Gasteiger partial charge in [-0.1, -0.05) is 40.0 Å². The van der Waals surface area contributed by atoms with Crippen LogP contribution in [0.15, 0.2) is 4.99 Å². The van der Waals surface area contributed by atoms with Gasteiger partial charge < -0.3 is 10.6 Å². The first-order valence-electron chi connectivity index (χ1n) is 9.48. The molecule has 0 spiro atoms. The molecule has 0 bridgehead atoms. The molecular weight excluding hydrogens is 433 g/mol. The molecule has 1 saturated carbocycles. The van der Waals surface area contributed by atoms with E-state index in [1.165, 1.54) is 19.3 Å². The van der Waals surface area contributed by atoms with E-state index in [4.69, 9.17) is 4.99 Å². The molecule has 1 aliphatic carbocycles. The number of hydrogen-bond donors (Lipinski definition) is 2. The molecule has 4 nitrogen and oxygen atoms in total. The molecule has 1 aliphatic rings. The second-order valence-corrected chi connectivity index (χ2v) is 8.96. The van der Waals surface area contributed by atoms with Gasteiger partial charge in [-0.25, -0.2) is 0 Å². The maximum absolute atomic E-state index is 12.1. The van der Waals surface area contributed by atoms with Gasteiger partial charge in [-0.05, 0) is 38.5 Å². The van der Waals surface area contributed by atoms with Gasteiger partial charge in [0.15, 0.2) is 5.96 Å². The van der Waals surface area contributed by atoms with Gasteiger partial charge >= 0.3 is 0 Å². The first-order chi connectivity index (χ1) is 11.1. The van der Waals surface area contributed by atoms with Gasteiger partial charge in [0.25, 0.3) is 0 Å². The summed E-state index contributed by atoms with van der Waals surface area (Å²) in [6.07, 6.45) is 8.15. The van der Waals surface area contributed by atoms with Crippen LogP contribution < -0.4 is 10.6 Å². The normalized spacial score (nSPS) is 22.8. The lowest BCUT2D eigenvalue weighted by Gasteiger charge is -2.30. The third kappa shape index (κ3) is 10.2. The highest BCUT2D eigenvalue weighted by Crippen LogP contribution is 2.23. The smallest absolute Gasteiger partial charge is 0.191 e. The Morgan fingerprint density at radius 1 is 1.25 bits per heavy atom. The minimum Gasteiger partial charge on any atom is -0.357 e. The zero-order valence-electron chi connectivity index (χ0n) is 16.0.